The van der Waals surface area contributed by atoms with Gasteiger partial charge < -0.3 is 19.8 Å². The lowest BCUT2D eigenvalue weighted by molar-refractivity contribution is 0.310. The zero-order chi connectivity index (χ0) is 19.9. The fraction of sp³-hybridized carbons (Fsp3) is 0.261. The van der Waals surface area contributed by atoms with Gasteiger partial charge in [0.2, 0.25) is 5.88 Å². The molecule has 6 rings (SSSR count). The molecule has 4 aromatic rings. The van der Waals surface area contributed by atoms with E-state index in [-0.39, 0.29) is 0 Å². The van der Waals surface area contributed by atoms with E-state index in [0.29, 0.717) is 12.5 Å². The standard InChI is InChI=1S/C23H22N6O/c1-2-15(3-1)16-4-6-18(7-5-16)27-21-22-25-8-10-29(22)14-20(28-21)17-12-19-23(26-13-17)30-11-9-24-19/h4-8,10,12-15,24H,1-3,9,11H2,(H,27,28). The summed E-state index contributed by atoms with van der Waals surface area (Å²) in [6.07, 6.45) is 11.4. The Morgan fingerprint density at radius 2 is 2.03 bits per heavy atom. The van der Waals surface area contributed by atoms with Crippen molar-refractivity contribution in [1.82, 2.24) is 19.4 Å². The number of hydrogen-bond donors (Lipinski definition) is 2. The fourth-order valence-corrected chi connectivity index (χ4v) is 4.04. The molecule has 0 unspecified atom stereocenters. The van der Waals surface area contributed by atoms with Crippen LogP contribution >= 0.6 is 0 Å². The molecule has 30 heavy (non-hydrogen) atoms. The van der Waals surface area contributed by atoms with Crippen LogP contribution in [0.3, 0.4) is 0 Å². The van der Waals surface area contributed by atoms with E-state index in [1.165, 1.54) is 24.8 Å². The van der Waals surface area contributed by atoms with Gasteiger partial charge in [-0.2, -0.15) is 0 Å². The summed E-state index contributed by atoms with van der Waals surface area (Å²) >= 11 is 0. The second kappa shape index (κ2) is 7.02. The first kappa shape index (κ1) is 17.3. The molecule has 1 fully saturated rings. The molecule has 2 aliphatic rings. The van der Waals surface area contributed by atoms with Gasteiger partial charge in [0.1, 0.15) is 6.61 Å². The normalized spacial score (nSPS) is 15.7. The Kier molecular flexibility index (Phi) is 4.04. The zero-order valence-electron chi connectivity index (χ0n) is 16.5. The van der Waals surface area contributed by atoms with Crippen molar-refractivity contribution in [3.8, 4) is 17.1 Å². The Morgan fingerprint density at radius 3 is 2.87 bits per heavy atom. The van der Waals surface area contributed by atoms with E-state index in [4.69, 9.17) is 9.72 Å². The smallest absolute Gasteiger partial charge is 0.237 e. The Morgan fingerprint density at radius 1 is 1.13 bits per heavy atom. The lowest BCUT2D eigenvalue weighted by Gasteiger charge is -2.25. The highest BCUT2D eigenvalue weighted by molar-refractivity contribution is 5.75. The highest BCUT2D eigenvalue weighted by atomic mass is 16.5. The molecule has 3 aromatic heterocycles. The van der Waals surface area contributed by atoms with Crippen molar-refractivity contribution in [2.24, 2.45) is 0 Å². The number of benzene rings is 1. The second-order valence-electron chi connectivity index (χ2n) is 7.86. The van der Waals surface area contributed by atoms with Gasteiger partial charge in [0.25, 0.3) is 0 Å². The number of imidazole rings is 1. The van der Waals surface area contributed by atoms with Crippen LogP contribution in [-0.4, -0.2) is 32.5 Å². The fourth-order valence-electron chi connectivity index (χ4n) is 4.04. The largest absolute Gasteiger partial charge is 0.474 e. The number of rotatable bonds is 4. The average Bonchev–Trinajstić information content (AvgIpc) is 3.22. The van der Waals surface area contributed by atoms with E-state index in [0.717, 1.165) is 46.6 Å². The van der Waals surface area contributed by atoms with Crippen molar-refractivity contribution in [3.05, 3.63) is 60.7 Å². The summed E-state index contributed by atoms with van der Waals surface area (Å²) in [5, 5.41) is 6.79. The van der Waals surface area contributed by atoms with Crippen molar-refractivity contribution in [1.29, 1.82) is 0 Å². The summed E-state index contributed by atoms with van der Waals surface area (Å²) in [5.41, 5.74) is 5.85. The van der Waals surface area contributed by atoms with Gasteiger partial charge in [-0.05, 0) is 42.5 Å². The molecule has 0 atom stereocenters. The highest BCUT2D eigenvalue weighted by Gasteiger charge is 2.19. The molecular weight excluding hydrogens is 376 g/mol. The van der Waals surface area contributed by atoms with Crippen LogP contribution in [0.4, 0.5) is 17.2 Å². The van der Waals surface area contributed by atoms with Crippen LogP contribution in [0.15, 0.2) is 55.1 Å². The second-order valence-corrected chi connectivity index (χ2v) is 7.86. The summed E-state index contributed by atoms with van der Waals surface area (Å²) in [7, 11) is 0. The molecule has 1 aliphatic carbocycles. The predicted molar refractivity (Wildman–Crippen MR) is 117 cm³/mol. The maximum Gasteiger partial charge on any atom is 0.237 e. The summed E-state index contributed by atoms with van der Waals surface area (Å²) in [4.78, 5) is 13.8. The minimum Gasteiger partial charge on any atom is -0.474 e. The number of ether oxygens (including phenoxy) is 1. The van der Waals surface area contributed by atoms with Gasteiger partial charge in [-0.3, -0.25) is 0 Å². The molecule has 4 heterocycles. The zero-order valence-corrected chi connectivity index (χ0v) is 16.5. The lowest BCUT2D eigenvalue weighted by atomic mass is 9.80. The van der Waals surface area contributed by atoms with E-state index < -0.39 is 0 Å². The molecule has 0 radical (unpaired) electrons. The molecule has 0 amide bonds. The molecule has 1 aromatic carbocycles. The third-order valence-corrected chi connectivity index (χ3v) is 5.93. The molecule has 7 heteroatoms. The third kappa shape index (κ3) is 3.03. The molecule has 0 bridgehead atoms. The van der Waals surface area contributed by atoms with Crippen LogP contribution in [0.5, 0.6) is 5.88 Å². The Labute approximate surface area is 174 Å². The summed E-state index contributed by atoms with van der Waals surface area (Å²) < 4.78 is 7.57. The van der Waals surface area contributed by atoms with Crippen LogP contribution in [0.2, 0.25) is 0 Å². The van der Waals surface area contributed by atoms with Gasteiger partial charge in [-0.15, -0.1) is 0 Å². The monoisotopic (exact) mass is 398 g/mol. The molecule has 2 N–H and O–H groups in total. The van der Waals surface area contributed by atoms with Gasteiger partial charge in [0, 0.05) is 42.6 Å². The minimum atomic E-state index is 0.631. The molecule has 7 nitrogen and oxygen atoms in total. The maximum atomic E-state index is 5.59. The number of hydrogen-bond acceptors (Lipinski definition) is 6. The minimum absolute atomic E-state index is 0.631. The average molecular weight is 398 g/mol. The van der Waals surface area contributed by atoms with Gasteiger partial charge in [0.05, 0.1) is 11.4 Å². The highest BCUT2D eigenvalue weighted by Crippen LogP contribution is 2.37. The summed E-state index contributed by atoms with van der Waals surface area (Å²) in [6, 6.07) is 10.7. The van der Waals surface area contributed by atoms with Gasteiger partial charge in [0.15, 0.2) is 11.5 Å². The molecule has 1 aliphatic heterocycles. The summed E-state index contributed by atoms with van der Waals surface area (Å²) in [5.74, 6) is 2.09. The number of fused-ring (bicyclic) bond motifs is 2. The first-order valence-corrected chi connectivity index (χ1v) is 10.4. The maximum absolute atomic E-state index is 5.59. The van der Waals surface area contributed by atoms with Crippen molar-refractivity contribution < 1.29 is 4.74 Å². The van der Waals surface area contributed by atoms with E-state index in [1.54, 1.807) is 12.4 Å². The number of nitrogens with one attached hydrogen (secondary N) is 2. The summed E-state index contributed by atoms with van der Waals surface area (Å²) in [6.45, 7) is 1.40. The van der Waals surface area contributed by atoms with Crippen molar-refractivity contribution >= 4 is 22.8 Å². The quantitative estimate of drug-likeness (QED) is 0.523. The van der Waals surface area contributed by atoms with Crippen LogP contribution in [0, 0.1) is 0 Å². The van der Waals surface area contributed by atoms with Crippen LogP contribution in [0.1, 0.15) is 30.7 Å². The van der Waals surface area contributed by atoms with Crippen molar-refractivity contribution in [3.63, 3.8) is 0 Å². The van der Waals surface area contributed by atoms with Crippen molar-refractivity contribution in [2.45, 2.75) is 25.2 Å². The van der Waals surface area contributed by atoms with E-state index in [9.17, 15) is 0 Å². The molecule has 0 saturated heterocycles. The molecule has 150 valence electrons. The SMILES string of the molecule is c1cn2cc(-c3cnc4c(c3)NCCO4)nc(Nc3ccc(C4CCC4)cc3)c2n1. The third-order valence-electron chi connectivity index (χ3n) is 5.93. The van der Waals surface area contributed by atoms with E-state index in [1.807, 2.05) is 22.9 Å². The van der Waals surface area contributed by atoms with Gasteiger partial charge >= 0.3 is 0 Å². The predicted octanol–water partition coefficient (Wildman–Crippen LogP) is 4.61. The lowest BCUT2D eigenvalue weighted by Crippen LogP contribution is -2.18. The van der Waals surface area contributed by atoms with Gasteiger partial charge in [-0.1, -0.05) is 18.6 Å². The Balaban J connectivity index is 1.35. The number of anilines is 3. The number of aromatic nitrogens is 4. The van der Waals surface area contributed by atoms with Crippen LogP contribution < -0.4 is 15.4 Å². The van der Waals surface area contributed by atoms with Gasteiger partial charge in [-0.25, -0.2) is 15.0 Å². The van der Waals surface area contributed by atoms with Crippen LogP contribution in [0.25, 0.3) is 16.9 Å². The molecule has 1 saturated carbocycles. The molecule has 0 spiro atoms. The Bertz CT molecular complexity index is 1210. The van der Waals surface area contributed by atoms with Crippen molar-refractivity contribution in [2.75, 3.05) is 23.8 Å². The first-order valence-electron chi connectivity index (χ1n) is 10.4. The number of nitrogens with zero attached hydrogens (tertiary/aromatic N) is 4. The van der Waals surface area contributed by atoms with E-state index in [2.05, 4.69) is 44.9 Å². The van der Waals surface area contributed by atoms with E-state index >= 15 is 0 Å². The number of pyridine rings is 1. The van der Waals surface area contributed by atoms with Crippen LogP contribution in [-0.2, 0) is 0 Å². The molecular formula is C23H22N6O. The topological polar surface area (TPSA) is 76.4 Å². The first-order chi connectivity index (χ1) is 14.8. The Hall–Kier alpha value is -3.61.